The molecule has 1 aromatic rings. The van der Waals surface area contributed by atoms with Crippen LogP contribution < -0.4 is 5.32 Å². The summed E-state index contributed by atoms with van der Waals surface area (Å²) in [6, 6.07) is 3.77. The minimum absolute atomic E-state index is 0.0307. The summed E-state index contributed by atoms with van der Waals surface area (Å²) in [5.41, 5.74) is -1.01. The third kappa shape index (κ3) is 2.91. The van der Waals surface area contributed by atoms with Gasteiger partial charge in [0, 0.05) is 11.5 Å². The number of carbonyl (C=O) groups is 1. The highest BCUT2D eigenvalue weighted by molar-refractivity contribution is 7.10. The van der Waals surface area contributed by atoms with Gasteiger partial charge in [0.1, 0.15) is 5.60 Å². The zero-order valence-corrected chi connectivity index (χ0v) is 11.5. The first-order valence-corrected chi connectivity index (χ1v) is 7.04. The lowest BCUT2D eigenvalue weighted by atomic mass is 10.0. The fourth-order valence-electron chi connectivity index (χ4n) is 2.14. The van der Waals surface area contributed by atoms with Crippen LogP contribution in [0.15, 0.2) is 17.5 Å². The van der Waals surface area contributed by atoms with Crippen LogP contribution in [-0.2, 0) is 15.1 Å². The molecule has 2 N–H and O–H groups in total. The number of carbonyl (C=O) groups excluding carboxylic acids is 1. The fraction of sp³-hybridized carbons (Fsp3) is 0.615. The highest BCUT2D eigenvalue weighted by atomic mass is 32.1. The van der Waals surface area contributed by atoms with Gasteiger partial charge in [-0.05, 0) is 31.7 Å². The Morgan fingerprint density at radius 3 is 3.06 bits per heavy atom. The maximum Gasteiger partial charge on any atom is 0.225 e. The average molecular weight is 269 g/mol. The van der Waals surface area contributed by atoms with Crippen LogP contribution in [0.25, 0.3) is 0 Å². The monoisotopic (exact) mass is 269 g/mol. The van der Waals surface area contributed by atoms with Crippen molar-refractivity contribution >= 4 is 17.2 Å². The van der Waals surface area contributed by atoms with Gasteiger partial charge in [0.25, 0.3) is 0 Å². The molecule has 1 fully saturated rings. The third-order valence-electron chi connectivity index (χ3n) is 3.37. The van der Waals surface area contributed by atoms with E-state index in [0.29, 0.717) is 6.61 Å². The van der Waals surface area contributed by atoms with Crippen LogP contribution in [-0.4, -0.2) is 30.3 Å². The molecule has 2 rings (SSSR count). The average Bonchev–Trinajstić information content (AvgIpc) is 2.96. The molecule has 0 radical (unpaired) electrons. The molecule has 1 saturated heterocycles. The van der Waals surface area contributed by atoms with E-state index < -0.39 is 5.60 Å². The maximum atomic E-state index is 12.0. The fourth-order valence-corrected chi connectivity index (χ4v) is 2.93. The van der Waals surface area contributed by atoms with E-state index in [2.05, 4.69) is 5.32 Å². The molecular weight excluding hydrogens is 250 g/mol. The molecule has 18 heavy (non-hydrogen) atoms. The second-order valence-corrected chi connectivity index (χ2v) is 5.89. The minimum atomic E-state index is -1.01. The molecule has 1 aliphatic heterocycles. The van der Waals surface area contributed by atoms with Crippen molar-refractivity contribution in [1.29, 1.82) is 0 Å². The largest absolute Gasteiger partial charge is 0.383 e. The van der Waals surface area contributed by atoms with Crippen LogP contribution in [0.5, 0.6) is 0 Å². The Morgan fingerprint density at radius 1 is 1.72 bits per heavy atom. The van der Waals surface area contributed by atoms with Crippen LogP contribution in [0.2, 0.25) is 0 Å². The smallest absolute Gasteiger partial charge is 0.225 e. The second kappa shape index (κ2) is 5.38. The third-order valence-corrected chi connectivity index (χ3v) is 4.49. The zero-order valence-electron chi connectivity index (χ0n) is 10.7. The molecule has 4 nitrogen and oxygen atoms in total. The molecule has 0 spiro atoms. The molecule has 3 atom stereocenters. The SMILES string of the molecule is CC1OCCC1C(=O)NCC(C)(O)c1cccs1. The molecule has 2 heterocycles. The summed E-state index contributed by atoms with van der Waals surface area (Å²) in [6.07, 6.45) is 0.727. The first kappa shape index (κ1) is 13.5. The summed E-state index contributed by atoms with van der Waals surface area (Å²) in [5.74, 6) is -0.124. The number of hydrogen-bond acceptors (Lipinski definition) is 4. The zero-order chi connectivity index (χ0) is 13.2. The highest BCUT2D eigenvalue weighted by Gasteiger charge is 2.32. The van der Waals surface area contributed by atoms with E-state index in [1.54, 1.807) is 6.92 Å². The molecule has 3 unspecified atom stereocenters. The molecule has 0 aromatic carbocycles. The van der Waals surface area contributed by atoms with Crippen molar-refractivity contribution in [2.45, 2.75) is 32.0 Å². The second-order valence-electron chi connectivity index (χ2n) is 4.94. The van der Waals surface area contributed by atoms with Gasteiger partial charge in [0.15, 0.2) is 0 Å². The number of aliphatic hydroxyl groups is 1. The number of thiophene rings is 1. The predicted molar refractivity (Wildman–Crippen MR) is 70.4 cm³/mol. The molecule has 1 amide bonds. The van der Waals surface area contributed by atoms with Crippen LogP contribution in [0, 0.1) is 5.92 Å². The van der Waals surface area contributed by atoms with Crippen LogP contribution in [0.4, 0.5) is 0 Å². The van der Waals surface area contributed by atoms with Gasteiger partial charge >= 0.3 is 0 Å². The van der Waals surface area contributed by atoms with Gasteiger partial charge in [-0.3, -0.25) is 4.79 Å². The van der Waals surface area contributed by atoms with Crippen molar-refractivity contribution in [3.63, 3.8) is 0 Å². The lowest BCUT2D eigenvalue weighted by Crippen LogP contribution is -2.42. The van der Waals surface area contributed by atoms with Crippen molar-refractivity contribution in [3.05, 3.63) is 22.4 Å². The summed E-state index contributed by atoms with van der Waals surface area (Å²) in [6.45, 7) is 4.50. The molecule has 1 aliphatic rings. The first-order chi connectivity index (χ1) is 8.50. The van der Waals surface area contributed by atoms with Gasteiger partial charge in [-0.2, -0.15) is 0 Å². The van der Waals surface area contributed by atoms with E-state index in [-0.39, 0.29) is 24.5 Å². The molecule has 5 heteroatoms. The van der Waals surface area contributed by atoms with Gasteiger partial charge in [-0.15, -0.1) is 11.3 Å². The Bertz CT molecular complexity index is 402. The highest BCUT2D eigenvalue weighted by Crippen LogP contribution is 2.25. The molecule has 1 aromatic heterocycles. The Labute approximate surface area is 111 Å². The van der Waals surface area contributed by atoms with E-state index in [9.17, 15) is 9.90 Å². The number of nitrogens with one attached hydrogen (secondary N) is 1. The number of ether oxygens (including phenoxy) is 1. The quantitative estimate of drug-likeness (QED) is 0.871. The lowest BCUT2D eigenvalue weighted by molar-refractivity contribution is -0.127. The van der Waals surface area contributed by atoms with Crippen molar-refractivity contribution in [2.75, 3.05) is 13.2 Å². The molecule has 0 aliphatic carbocycles. The number of hydrogen-bond donors (Lipinski definition) is 2. The summed E-state index contributed by atoms with van der Waals surface area (Å²) in [4.78, 5) is 12.8. The van der Waals surface area contributed by atoms with Gasteiger partial charge < -0.3 is 15.2 Å². The molecule has 0 bridgehead atoms. The van der Waals surface area contributed by atoms with Crippen molar-refractivity contribution in [1.82, 2.24) is 5.32 Å². The standard InChI is InChI=1S/C13H19NO3S/c1-9-10(5-6-17-9)12(15)14-8-13(2,16)11-4-3-7-18-11/h3-4,7,9-10,16H,5-6,8H2,1-2H3,(H,14,15). The van der Waals surface area contributed by atoms with Gasteiger partial charge in [0.05, 0.1) is 18.6 Å². The van der Waals surface area contributed by atoms with E-state index in [1.807, 2.05) is 24.4 Å². The Balaban J connectivity index is 1.89. The number of rotatable bonds is 4. The number of amides is 1. The first-order valence-electron chi connectivity index (χ1n) is 6.16. The van der Waals surface area contributed by atoms with Crippen molar-refractivity contribution < 1.29 is 14.6 Å². The molecule has 100 valence electrons. The van der Waals surface area contributed by atoms with Crippen LogP contribution in [0.1, 0.15) is 25.1 Å². The summed E-state index contributed by atoms with van der Waals surface area (Å²) in [5, 5.41) is 15.0. The van der Waals surface area contributed by atoms with E-state index in [1.165, 1.54) is 11.3 Å². The van der Waals surface area contributed by atoms with Gasteiger partial charge in [0.2, 0.25) is 5.91 Å². The van der Waals surface area contributed by atoms with E-state index in [0.717, 1.165) is 11.3 Å². The van der Waals surface area contributed by atoms with Crippen molar-refractivity contribution in [3.8, 4) is 0 Å². The summed E-state index contributed by atoms with van der Waals surface area (Å²) in [7, 11) is 0. The molecular formula is C13H19NO3S. The topological polar surface area (TPSA) is 58.6 Å². The van der Waals surface area contributed by atoms with Crippen LogP contribution in [0.3, 0.4) is 0 Å². The van der Waals surface area contributed by atoms with Gasteiger partial charge in [-0.1, -0.05) is 6.07 Å². The summed E-state index contributed by atoms with van der Waals surface area (Å²) < 4.78 is 5.37. The maximum absolute atomic E-state index is 12.0. The Hall–Kier alpha value is -0.910. The minimum Gasteiger partial charge on any atom is -0.383 e. The Morgan fingerprint density at radius 2 is 2.50 bits per heavy atom. The predicted octanol–water partition coefficient (Wildman–Crippen LogP) is 1.50. The van der Waals surface area contributed by atoms with Crippen LogP contribution >= 0.6 is 11.3 Å². The normalized spacial score (nSPS) is 26.8. The van der Waals surface area contributed by atoms with Crippen molar-refractivity contribution in [2.24, 2.45) is 5.92 Å². The van der Waals surface area contributed by atoms with E-state index >= 15 is 0 Å². The van der Waals surface area contributed by atoms with Gasteiger partial charge in [-0.25, -0.2) is 0 Å². The van der Waals surface area contributed by atoms with E-state index in [4.69, 9.17) is 4.74 Å². The summed E-state index contributed by atoms with van der Waals surface area (Å²) >= 11 is 1.49. The molecule has 0 saturated carbocycles. The Kier molecular flexibility index (Phi) is 4.04. The lowest BCUT2D eigenvalue weighted by Gasteiger charge is -2.23.